The van der Waals surface area contributed by atoms with Gasteiger partial charge in [0.2, 0.25) is 0 Å². The van der Waals surface area contributed by atoms with Crippen molar-refractivity contribution in [2.24, 2.45) is 0 Å². The lowest BCUT2D eigenvalue weighted by molar-refractivity contribution is -0.150. The third-order valence-electron chi connectivity index (χ3n) is 3.51. The fraction of sp³-hybridized carbons (Fsp3) is 0.250. The van der Waals surface area contributed by atoms with Crippen molar-refractivity contribution in [3.05, 3.63) is 28.7 Å². The first-order valence-electron chi connectivity index (χ1n) is 7.22. The number of rotatable bonds is 7. The van der Waals surface area contributed by atoms with Crippen molar-refractivity contribution < 1.29 is 34.1 Å². The van der Waals surface area contributed by atoms with Gasteiger partial charge in [0.05, 0.1) is 25.5 Å². The second kappa shape index (κ2) is 8.19. The summed E-state index contributed by atoms with van der Waals surface area (Å²) in [5.41, 5.74) is 0.539. The number of ether oxygens (including phenoxy) is 2. The number of hydrogen-bond acceptors (Lipinski definition) is 7. The number of aliphatic carboxylic acids is 2. The standard InChI is InChI=1S/C16H15NO7S2/c1-23-10-5-3-4-8(13(10)24-2)6-11-14(20)17(16(25)26-11)9(15(21)22)7-12(18)19/h3-6,9H,7H2,1-2H3,(H,18,19)(H,21,22). The molecule has 0 saturated carbocycles. The maximum absolute atomic E-state index is 12.6. The van der Waals surface area contributed by atoms with Gasteiger partial charge in [-0.05, 0) is 12.1 Å². The van der Waals surface area contributed by atoms with Crippen LogP contribution >= 0.6 is 24.0 Å². The molecule has 1 amide bonds. The summed E-state index contributed by atoms with van der Waals surface area (Å²) in [6.45, 7) is 0. The number of amides is 1. The molecular weight excluding hydrogens is 382 g/mol. The second-order valence-electron chi connectivity index (χ2n) is 5.09. The number of benzene rings is 1. The lowest BCUT2D eigenvalue weighted by Gasteiger charge is -2.21. The minimum absolute atomic E-state index is 0.0169. The zero-order valence-corrected chi connectivity index (χ0v) is 15.4. The highest BCUT2D eigenvalue weighted by molar-refractivity contribution is 8.26. The van der Waals surface area contributed by atoms with Crippen LogP contribution in [0, 0.1) is 0 Å². The lowest BCUT2D eigenvalue weighted by Crippen LogP contribution is -2.45. The zero-order valence-electron chi connectivity index (χ0n) is 13.8. The van der Waals surface area contributed by atoms with Gasteiger partial charge in [-0.3, -0.25) is 14.5 Å². The first-order chi connectivity index (χ1) is 12.3. The molecule has 1 aromatic rings. The molecule has 0 aromatic heterocycles. The van der Waals surface area contributed by atoms with Crippen LogP contribution in [0.3, 0.4) is 0 Å². The van der Waals surface area contributed by atoms with E-state index in [2.05, 4.69) is 0 Å². The Morgan fingerprint density at radius 2 is 2.00 bits per heavy atom. The average Bonchev–Trinajstić information content (AvgIpc) is 2.85. The number of methoxy groups -OCH3 is 2. The third-order valence-corrected chi connectivity index (χ3v) is 4.84. The highest BCUT2D eigenvalue weighted by Crippen LogP contribution is 2.38. The second-order valence-corrected chi connectivity index (χ2v) is 6.76. The van der Waals surface area contributed by atoms with Gasteiger partial charge in [0.25, 0.3) is 5.91 Å². The van der Waals surface area contributed by atoms with Crippen LogP contribution in [-0.2, 0) is 14.4 Å². The SMILES string of the molecule is COc1cccc(C=C2SC(=S)N(C(CC(=O)O)C(=O)O)C2=O)c1OC. The molecule has 138 valence electrons. The van der Waals surface area contributed by atoms with Gasteiger partial charge in [-0.15, -0.1) is 0 Å². The van der Waals surface area contributed by atoms with Gasteiger partial charge in [-0.2, -0.15) is 0 Å². The summed E-state index contributed by atoms with van der Waals surface area (Å²) in [6, 6.07) is 3.52. The Morgan fingerprint density at radius 3 is 2.54 bits per heavy atom. The van der Waals surface area contributed by atoms with E-state index in [-0.39, 0.29) is 9.23 Å². The van der Waals surface area contributed by atoms with Gasteiger partial charge < -0.3 is 19.7 Å². The molecule has 1 aliphatic rings. The van der Waals surface area contributed by atoms with Crippen molar-refractivity contribution in [2.75, 3.05) is 14.2 Å². The largest absolute Gasteiger partial charge is 0.493 e. The topological polar surface area (TPSA) is 113 Å². The Morgan fingerprint density at radius 1 is 1.31 bits per heavy atom. The summed E-state index contributed by atoms with van der Waals surface area (Å²) in [6.07, 6.45) is 0.748. The number of carboxylic acid groups (broad SMARTS) is 2. The summed E-state index contributed by atoms with van der Waals surface area (Å²) < 4.78 is 10.5. The molecule has 1 aromatic carbocycles. The van der Waals surface area contributed by atoms with Crippen LogP contribution in [0.5, 0.6) is 11.5 Å². The van der Waals surface area contributed by atoms with E-state index in [9.17, 15) is 19.5 Å². The van der Waals surface area contributed by atoms with Crippen LogP contribution < -0.4 is 9.47 Å². The molecule has 0 aliphatic carbocycles. The fourth-order valence-corrected chi connectivity index (χ4v) is 3.72. The van der Waals surface area contributed by atoms with Gasteiger partial charge in [0, 0.05) is 5.56 Å². The summed E-state index contributed by atoms with van der Waals surface area (Å²) in [4.78, 5) is 35.9. The Balaban J connectivity index is 2.41. The predicted octanol–water partition coefficient (Wildman–Crippen LogP) is 1.83. The third kappa shape index (κ3) is 3.97. The number of carbonyl (C=O) groups is 3. The van der Waals surface area contributed by atoms with Crippen molar-refractivity contribution in [3.63, 3.8) is 0 Å². The molecule has 26 heavy (non-hydrogen) atoms. The summed E-state index contributed by atoms with van der Waals surface area (Å²) >= 11 is 5.98. The first-order valence-corrected chi connectivity index (χ1v) is 8.45. The smallest absolute Gasteiger partial charge is 0.327 e. The lowest BCUT2D eigenvalue weighted by atomic mass is 10.1. The van der Waals surface area contributed by atoms with E-state index in [4.69, 9.17) is 26.8 Å². The van der Waals surface area contributed by atoms with Gasteiger partial charge in [-0.25, -0.2) is 4.79 Å². The number of hydrogen-bond donors (Lipinski definition) is 2. The Kier molecular flexibility index (Phi) is 6.22. The first kappa shape index (κ1) is 19.7. The van der Waals surface area contributed by atoms with Gasteiger partial charge >= 0.3 is 11.9 Å². The molecule has 2 rings (SSSR count). The molecule has 8 nitrogen and oxygen atoms in total. The minimum atomic E-state index is -1.57. The molecule has 0 spiro atoms. The molecular formula is C16H15NO7S2. The van der Waals surface area contributed by atoms with E-state index >= 15 is 0 Å². The molecule has 1 unspecified atom stereocenters. The minimum Gasteiger partial charge on any atom is -0.493 e. The monoisotopic (exact) mass is 397 g/mol. The Labute approximate surface area is 158 Å². The highest BCUT2D eigenvalue weighted by Gasteiger charge is 2.41. The summed E-state index contributed by atoms with van der Waals surface area (Å²) in [5, 5.41) is 18.2. The van der Waals surface area contributed by atoms with Crippen molar-refractivity contribution in [3.8, 4) is 11.5 Å². The van der Waals surface area contributed by atoms with Crippen molar-refractivity contribution in [1.29, 1.82) is 0 Å². The number of thiocarbonyl (C=S) groups is 1. The van der Waals surface area contributed by atoms with E-state index in [0.717, 1.165) is 16.7 Å². The molecule has 10 heteroatoms. The van der Waals surface area contributed by atoms with Gasteiger partial charge in [0.15, 0.2) is 11.5 Å². The molecule has 1 heterocycles. The maximum Gasteiger partial charge on any atom is 0.327 e. The molecule has 1 fully saturated rings. The van der Waals surface area contributed by atoms with Crippen LogP contribution in [0.4, 0.5) is 0 Å². The number of carbonyl (C=O) groups excluding carboxylic acids is 1. The van der Waals surface area contributed by atoms with Crippen molar-refractivity contribution in [2.45, 2.75) is 12.5 Å². The highest BCUT2D eigenvalue weighted by atomic mass is 32.2. The normalized spacial score (nSPS) is 16.7. The van der Waals surface area contributed by atoms with Crippen LogP contribution in [0.25, 0.3) is 6.08 Å². The molecule has 0 bridgehead atoms. The van der Waals surface area contributed by atoms with Crippen molar-refractivity contribution >= 4 is 52.2 Å². The average molecular weight is 397 g/mol. The Hall–Kier alpha value is -2.59. The van der Waals surface area contributed by atoms with E-state index in [1.165, 1.54) is 20.3 Å². The van der Waals surface area contributed by atoms with E-state index in [1.54, 1.807) is 18.2 Å². The molecule has 0 radical (unpaired) electrons. The number of carboxylic acids is 2. The van der Waals surface area contributed by atoms with Crippen LogP contribution in [0.2, 0.25) is 0 Å². The maximum atomic E-state index is 12.6. The molecule has 1 saturated heterocycles. The van der Waals surface area contributed by atoms with Crippen LogP contribution in [-0.4, -0.2) is 57.5 Å². The molecule has 1 aliphatic heterocycles. The van der Waals surface area contributed by atoms with Crippen molar-refractivity contribution in [1.82, 2.24) is 4.90 Å². The number of nitrogens with zero attached hydrogens (tertiary/aromatic N) is 1. The van der Waals surface area contributed by atoms with Crippen LogP contribution in [0.15, 0.2) is 23.1 Å². The summed E-state index contributed by atoms with van der Waals surface area (Å²) in [5.74, 6) is -2.58. The quantitative estimate of drug-likeness (QED) is 0.525. The van der Waals surface area contributed by atoms with E-state index in [1.807, 2.05) is 0 Å². The van der Waals surface area contributed by atoms with E-state index in [0.29, 0.717) is 17.1 Å². The molecule has 1 atom stereocenters. The fourth-order valence-electron chi connectivity index (χ4n) is 2.37. The predicted molar refractivity (Wildman–Crippen MR) is 98.2 cm³/mol. The van der Waals surface area contributed by atoms with Gasteiger partial charge in [0.1, 0.15) is 10.4 Å². The van der Waals surface area contributed by atoms with Crippen LogP contribution in [0.1, 0.15) is 12.0 Å². The molecule has 2 N–H and O–H groups in total. The number of para-hydroxylation sites is 1. The number of thioether (sulfide) groups is 1. The van der Waals surface area contributed by atoms with E-state index < -0.39 is 30.3 Å². The zero-order chi connectivity index (χ0) is 19.4. The Bertz CT molecular complexity index is 806. The summed E-state index contributed by atoms with van der Waals surface area (Å²) in [7, 11) is 2.93. The van der Waals surface area contributed by atoms with Gasteiger partial charge in [-0.1, -0.05) is 36.1 Å².